The molecule has 0 aromatic heterocycles. The van der Waals surface area contributed by atoms with E-state index in [1.807, 2.05) is 0 Å². The van der Waals surface area contributed by atoms with E-state index in [1.54, 1.807) is 7.11 Å². The molecule has 0 spiro atoms. The number of hydrogen-bond donors (Lipinski definition) is 1. The second kappa shape index (κ2) is 7.30. The zero-order valence-electron chi connectivity index (χ0n) is 9.25. The highest BCUT2D eigenvalue weighted by Crippen LogP contribution is 2.08. The molecule has 0 heterocycles. The average Bonchev–Trinajstić information content (AvgIpc) is 2.17. The van der Waals surface area contributed by atoms with E-state index in [9.17, 15) is 0 Å². The minimum atomic E-state index is 0.306. The number of nitrogens with zero attached hydrogens (tertiary/aromatic N) is 1. The topological polar surface area (TPSA) is 29.5 Å². The Labute approximate surface area is 81.9 Å². The third-order valence-corrected chi connectivity index (χ3v) is 2.79. The van der Waals surface area contributed by atoms with Gasteiger partial charge < -0.3 is 14.3 Å². The Bertz CT molecular complexity index is 113. The maximum atomic E-state index is 8.70. The molecule has 0 radical (unpaired) electrons. The molecule has 0 rings (SSSR count). The average molecular weight is 190 g/mol. The Morgan fingerprint density at radius 3 is 2.15 bits per heavy atom. The van der Waals surface area contributed by atoms with Crippen molar-refractivity contribution in [3.05, 3.63) is 0 Å². The number of methoxy groups -OCH3 is 1. The molecule has 0 aliphatic rings. The van der Waals surface area contributed by atoms with Gasteiger partial charge in [0.05, 0.1) is 19.6 Å². The lowest BCUT2D eigenvalue weighted by molar-refractivity contribution is -0.942. The standard InChI is InChI=1S/C10H24NO2/c1-4-11(5-2,10-13-3)8-6-7-9-12/h12H,4-10H2,1-3H3/q+1. The van der Waals surface area contributed by atoms with Crippen molar-refractivity contribution in [2.24, 2.45) is 0 Å². The first-order valence-corrected chi connectivity index (χ1v) is 5.19. The molecule has 80 valence electrons. The zero-order valence-corrected chi connectivity index (χ0v) is 9.25. The molecule has 0 unspecified atom stereocenters. The van der Waals surface area contributed by atoms with E-state index >= 15 is 0 Å². The van der Waals surface area contributed by atoms with Crippen LogP contribution in [-0.4, -0.2) is 49.7 Å². The number of aliphatic hydroxyl groups is 1. The lowest BCUT2D eigenvalue weighted by atomic mass is 10.2. The largest absolute Gasteiger partial charge is 0.396 e. The Morgan fingerprint density at radius 2 is 1.77 bits per heavy atom. The van der Waals surface area contributed by atoms with Crippen molar-refractivity contribution in [2.75, 3.05) is 40.1 Å². The molecular weight excluding hydrogens is 166 g/mol. The highest BCUT2D eigenvalue weighted by molar-refractivity contribution is 4.40. The van der Waals surface area contributed by atoms with Gasteiger partial charge in [-0.25, -0.2) is 0 Å². The van der Waals surface area contributed by atoms with Crippen molar-refractivity contribution < 1.29 is 14.3 Å². The minimum Gasteiger partial charge on any atom is -0.396 e. The van der Waals surface area contributed by atoms with Crippen LogP contribution in [0, 0.1) is 0 Å². The van der Waals surface area contributed by atoms with Crippen LogP contribution in [0.5, 0.6) is 0 Å². The summed E-state index contributed by atoms with van der Waals surface area (Å²) >= 11 is 0. The fourth-order valence-corrected chi connectivity index (χ4v) is 1.62. The molecule has 0 atom stereocenters. The third kappa shape index (κ3) is 4.60. The van der Waals surface area contributed by atoms with Crippen LogP contribution in [0.1, 0.15) is 26.7 Å². The van der Waals surface area contributed by atoms with Crippen LogP contribution in [0.15, 0.2) is 0 Å². The molecule has 3 heteroatoms. The van der Waals surface area contributed by atoms with Crippen LogP contribution in [-0.2, 0) is 4.74 Å². The van der Waals surface area contributed by atoms with Crippen LogP contribution >= 0.6 is 0 Å². The van der Waals surface area contributed by atoms with Gasteiger partial charge in [0, 0.05) is 13.7 Å². The maximum absolute atomic E-state index is 8.70. The Kier molecular flexibility index (Phi) is 7.23. The van der Waals surface area contributed by atoms with Crippen LogP contribution in [0.3, 0.4) is 0 Å². The van der Waals surface area contributed by atoms with Gasteiger partial charge in [-0.15, -0.1) is 0 Å². The van der Waals surface area contributed by atoms with Crippen LogP contribution in [0.2, 0.25) is 0 Å². The van der Waals surface area contributed by atoms with Gasteiger partial charge >= 0.3 is 0 Å². The van der Waals surface area contributed by atoms with Crippen molar-refractivity contribution in [3.8, 4) is 0 Å². The number of hydrogen-bond acceptors (Lipinski definition) is 2. The third-order valence-electron chi connectivity index (χ3n) is 2.79. The summed E-state index contributed by atoms with van der Waals surface area (Å²) in [6.45, 7) is 8.81. The smallest absolute Gasteiger partial charge is 0.182 e. The molecule has 0 fully saturated rings. The summed E-state index contributed by atoms with van der Waals surface area (Å²) in [5.74, 6) is 0. The van der Waals surface area contributed by atoms with Gasteiger partial charge in [0.1, 0.15) is 0 Å². The number of ether oxygens (including phenoxy) is 1. The molecule has 0 bridgehead atoms. The van der Waals surface area contributed by atoms with Crippen molar-refractivity contribution in [3.63, 3.8) is 0 Å². The molecule has 0 saturated carbocycles. The van der Waals surface area contributed by atoms with Crippen LogP contribution < -0.4 is 0 Å². The van der Waals surface area contributed by atoms with E-state index < -0.39 is 0 Å². The maximum Gasteiger partial charge on any atom is 0.182 e. The normalized spacial score (nSPS) is 12.0. The highest BCUT2D eigenvalue weighted by atomic mass is 16.5. The number of rotatable bonds is 8. The fraction of sp³-hybridized carbons (Fsp3) is 1.00. The van der Waals surface area contributed by atoms with Crippen molar-refractivity contribution in [2.45, 2.75) is 26.7 Å². The summed E-state index contributed by atoms with van der Waals surface area (Å²) < 4.78 is 6.24. The van der Waals surface area contributed by atoms with E-state index in [0.717, 1.165) is 43.7 Å². The second-order valence-electron chi connectivity index (χ2n) is 3.55. The Hall–Kier alpha value is -0.120. The van der Waals surface area contributed by atoms with E-state index in [4.69, 9.17) is 9.84 Å². The summed E-state index contributed by atoms with van der Waals surface area (Å²) in [5.41, 5.74) is 0. The first kappa shape index (κ1) is 12.9. The number of quaternary nitrogens is 1. The SMILES string of the molecule is CC[N+](CC)(CCCCO)COC. The molecule has 0 saturated heterocycles. The summed E-state index contributed by atoms with van der Waals surface area (Å²) in [5, 5.41) is 8.70. The summed E-state index contributed by atoms with van der Waals surface area (Å²) in [7, 11) is 1.75. The highest BCUT2D eigenvalue weighted by Gasteiger charge is 2.21. The Morgan fingerprint density at radius 1 is 1.15 bits per heavy atom. The van der Waals surface area contributed by atoms with Crippen LogP contribution in [0.4, 0.5) is 0 Å². The Balaban J connectivity index is 3.89. The number of aliphatic hydroxyl groups excluding tert-OH is 1. The van der Waals surface area contributed by atoms with Gasteiger partial charge in [0.15, 0.2) is 6.73 Å². The molecule has 0 amide bonds. The van der Waals surface area contributed by atoms with Crippen molar-refractivity contribution in [1.29, 1.82) is 0 Å². The monoisotopic (exact) mass is 190 g/mol. The summed E-state index contributed by atoms with van der Waals surface area (Å²) in [6, 6.07) is 0. The molecule has 3 nitrogen and oxygen atoms in total. The quantitative estimate of drug-likeness (QED) is 0.354. The second-order valence-corrected chi connectivity index (χ2v) is 3.55. The molecule has 0 aromatic carbocycles. The van der Waals surface area contributed by atoms with Gasteiger partial charge in [-0.3, -0.25) is 0 Å². The van der Waals surface area contributed by atoms with Crippen molar-refractivity contribution in [1.82, 2.24) is 0 Å². The zero-order chi connectivity index (χ0) is 10.2. The van der Waals surface area contributed by atoms with Gasteiger partial charge in [-0.1, -0.05) is 0 Å². The predicted molar refractivity (Wildman–Crippen MR) is 54.4 cm³/mol. The predicted octanol–water partition coefficient (Wildman–Crippen LogP) is 1.22. The van der Waals surface area contributed by atoms with Gasteiger partial charge in [-0.05, 0) is 26.7 Å². The molecule has 13 heavy (non-hydrogen) atoms. The molecular formula is C10H24NO2+. The molecule has 0 aromatic rings. The van der Waals surface area contributed by atoms with E-state index in [-0.39, 0.29) is 0 Å². The van der Waals surface area contributed by atoms with Gasteiger partial charge in [0.2, 0.25) is 0 Å². The lowest BCUT2D eigenvalue weighted by Gasteiger charge is -2.35. The summed E-state index contributed by atoms with van der Waals surface area (Å²) in [4.78, 5) is 0. The molecule has 0 aliphatic carbocycles. The fourth-order valence-electron chi connectivity index (χ4n) is 1.62. The summed E-state index contributed by atoms with van der Waals surface area (Å²) in [6.07, 6.45) is 1.99. The van der Waals surface area contributed by atoms with Crippen LogP contribution in [0.25, 0.3) is 0 Å². The lowest BCUT2D eigenvalue weighted by Crippen LogP contribution is -2.49. The van der Waals surface area contributed by atoms with E-state index in [1.165, 1.54) is 0 Å². The van der Waals surface area contributed by atoms with E-state index in [2.05, 4.69) is 13.8 Å². The van der Waals surface area contributed by atoms with Gasteiger partial charge in [-0.2, -0.15) is 0 Å². The first-order valence-electron chi connectivity index (χ1n) is 5.19. The van der Waals surface area contributed by atoms with E-state index in [0.29, 0.717) is 6.61 Å². The van der Waals surface area contributed by atoms with Crippen molar-refractivity contribution >= 4 is 0 Å². The number of unbranched alkanes of at least 4 members (excludes halogenated alkanes) is 1. The van der Waals surface area contributed by atoms with Gasteiger partial charge in [0.25, 0.3) is 0 Å². The first-order chi connectivity index (χ1) is 6.24. The molecule has 0 aliphatic heterocycles. The molecule has 1 N–H and O–H groups in total. The minimum absolute atomic E-state index is 0.306.